The lowest BCUT2D eigenvalue weighted by atomic mass is 10.1. The molecule has 0 fully saturated rings. The van der Waals surface area contributed by atoms with Crippen LogP contribution in [0.2, 0.25) is 0 Å². The average Bonchev–Trinajstić information content (AvgIpc) is 2.74. The van der Waals surface area contributed by atoms with Gasteiger partial charge in [0.15, 0.2) is 0 Å². The molecule has 0 spiro atoms. The Kier molecular flexibility index (Phi) is 3.46. The van der Waals surface area contributed by atoms with E-state index in [1.807, 2.05) is 6.07 Å². The number of hydrogen-bond acceptors (Lipinski definition) is 4. The summed E-state index contributed by atoms with van der Waals surface area (Å²) in [5.41, 5.74) is 7.73. The van der Waals surface area contributed by atoms with E-state index in [1.54, 1.807) is 23.5 Å². The Morgan fingerprint density at radius 1 is 1.19 bits per heavy atom. The monoisotopic (exact) mass is 251 g/mol. The molecule has 5 heteroatoms. The second-order valence-electron chi connectivity index (χ2n) is 3.27. The normalized spacial score (nSPS) is 10.6. The van der Waals surface area contributed by atoms with Crippen LogP contribution >= 0.6 is 23.5 Å². The van der Waals surface area contributed by atoms with E-state index in [-0.39, 0.29) is 0 Å². The van der Waals surface area contributed by atoms with Gasteiger partial charge in [-0.25, -0.2) is 0 Å². The molecule has 0 unspecified atom stereocenters. The second kappa shape index (κ2) is 4.84. The first-order valence-electron chi connectivity index (χ1n) is 4.78. The predicted octanol–water partition coefficient (Wildman–Crippen LogP) is 3.10. The highest BCUT2D eigenvalue weighted by Gasteiger charge is 2.07. The minimum atomic E-state index is 0.524. The Morgan fingerprint density at radius 2 is 2.00 bits per heavy atom. The van der Waals surface area contributed by atoms with Gasteiger partial charge in [0.05, 0.1) is 5.69 Å². The molecule has 0 saturated carbocycles. The van der Waals surface area contributed by atoms with E-state index < -0.39 is 0 Å². The van der Waals surface area contributed by atoms with Crippen molar-refractivity contribution in [3.63, 3.8) is 0 Å². The number of nitrogens with zero attached hydrogens (tertiary/aromatic N) is 1. The summed E-state index contributed by atoms with van der Waals surface area (Å²) >= 11 is 3.47. The van der Waals surface area contributed by atoms with Gasteiger partial charge in [0.1, 0.15) is 5.82 Å². The van der Waals surface area contributed by atoms with Crippen molar-refractivity contribution in [3.8, 4) is 11.3 Å². The zero-order chi connectivity index (χ0) is 11.5. The number of benzene rings is 1. The molecule has 0 atom stereocenters. The summed E-state index contributed by atoms with van der Waals surface area (Å²) in [5.74, 6) is 0.524. The van der Waals surface area contributed by atoms with Crippen LogP contribution in [0.4, 0.5) is 5.82 Å². The number of thioether (sulfide) groups is 2. The van der Waals surface area contributed by atoms with Crippen molar-refractivity contribution < 1.29 is 0 Å². The summed E-state index contributed by atoms with van der Waals surface area (Å²) < 4.78 is 0. The largest absolute Gasteiger partial charge is 0.382 e. The lowest BCUT2D eigenvalue weighted by Gasteiger charge is -2.06. The summed E-state index contributed by atoms with van der Waals surface area (Å²) in [4.78, 5) is 2.50. The molecule has 0 amide bonds. The Labute approximate surface area is 103 Å². The van der Waals surface area contributed by atoms with Crippen molar-refractivity contribution in [2.45, 2.75) is 9.79 Å². The number of aromatic nitrogens is 2. The van der Waals surface area contributed by atoms with Crippen molar-refractivity contribution in [2.75, 3.05) is 18.2 Å². The number of hydrogen-bond donors (Lipinski definition) is 2. The van der Waals surface area contributed by atoms with Crippen molar-refractivity contribution in [2.24, 2.45) is 0 Å². The fourth-order valence-electron chi connectivity index (χ4n) is 1.50. The molecular formula is C11H13N3S2. The van der Waals surface area contributed by atoms with Gasteiger partial charge in [0, 0.05) is 21.4 Å². The molecule has 3 N–H and O–H groups in total. The lowest BCUT2D eigenvalue weighted by Crippen LogP contribution is -1.83. The van der Waals surface area contributed by atoms with Crippen LogP contribution in [0.1, 0.15) is 0 Å². The molecule has 1 heterocycles. The lowest BCUT2D eigenvalue weighted by molar-refractivity contribution is 1.10. The maximum atomic E-state index is 5.61. The molecule has 3 nitrogen and oxygen atoms in total. The van der Waals surface area contributed by atoms with Gasteiger partial charge in [-0.3, -0.25) is 5.10 Å². The molecule has 0 radical (unpaired) electrons. The maximum absolute atomic E-state index is 5.61. The maximum Gasteiger partial charge on any atom is 0.145 e. The molecule has 0 bridgehead atoms. The topological polar surface area (TPSA) is 54.7 Å². The number of aromatic amines is 1. The van der Waals surface area contributed by atoms with Crippen molar-refractivity contribution in [3.05, 3.63) is 24.3 Å². The zero-order valence-electron chi connectivity index (χ0n) is 9.15. The molecule has 84 valence electrons. The van der Waals surface area contributed by atoms with E-state index in [9.17, 15) is 0 Å². The highest BCUT2D eigenvalue weighted by atomic mass is 32.2. The van der Waals surface area contributed by atoms with Crippen LogP contribution in [-0.2, 0) is 0 Å². The molecule has 0 aliphatic rings. The number of nitrogens with two attached hydrogens (primary N) is 1. The zero-order valence-corrected chi connectivity index (χ0v) is 10.8. The highest BCUT2D eigenvalue weighted by molar-refractivity contribution is 7.99. The third kappa shape index (κ3) is 2.20. The molecule has 2 aromatic rings. The van der Waals surface area contributed by atoms with Gasteiger partial charge in [-0.15, -0.1) is 23.5 Å². The summed E-state index contributed by atoms with van der Waals surface area (Å²) in [7, 11) is 0. The first-order valence-corrected chi connectivity index (χ1v) is 7.23. The molecule has 0 saturated heterocycles. The summed E-state index contributed by atoms with van der Waals surface area (Å²) in [6, 6.07) is 8.25. The highest BCUT2D eigenvalue weighted by Crippen LogP contribution is 2.32. The van der Waals surface area contributed by atoms with Crippen LogP contribution in [0.3, 0.4) is 0 Å². The van der Waals surface area contributed by atoms with Crippen LogP contribution in [0.15, 0.2) is 34.1 Å². The van der Waals surface area contributed by atoms with E-state index in [0.29, 0.717) is 5.82 Å². The molecular weight excluding hydrogens is 238 g/mol. The second-order valence-corrected chi connectivity index (χ2v) is 5.00. The minimum Gasteiger partial charge on any atom is -0.382 e. The Hall–Kier alpha value is -1.07. The van der Waals surface area contributed by atoms with Gasteiger partial charge in [0.2, 0.25) is 0 Å². The Bertz CT molecular complexity index is 494. The van der Waals surface area contributed by atoms with Crippen LogP contribution in [-0.4, -0.2) is 22.7 Å². The van der Waals surface area contributed by atoms with E-state index in [0.717, 1.165) is 11.3 Å². The number of nitrogens with one attached hydrogen (secondary N) is 1. The van der Waals surface area contributed by atoms with Gasteiger partial charge in [-0.05, 0) is 24.6 Å². The van der Waals surface area contributed by atoms with Crippen LogP contribution in [0.25, 0.3) is 11.3 Å². The van der Waals surface area contributed by atoms with Crippen molar-refractivity contribution >= 4 is 29.3 Å². The van der Waals surface area contributed by atoms with Gasteiger partial charge >= 0.3 is 0 Å². The summed E-state index contributed by atoms with van der Waals surface area (Å²) in [6.07, 6.45) is 4.15. The van der Waals surface area contributed by atoms with Gasteiger partial charge < -0.3 is 5.73 Å². The van der Waals surface area contributed by atoms with Gasteiger partial charge in [0.25, 0.3) is 0 Å². The first kappa shape index (κ1) is 11.4. The standard InChI is InChI=1S/C11H13N3S2/c1-15-7-3-4-8(10(5-7)16-2)9-6-11(12)14-13-9/h3-6H,1-2H3,(H3,12,13,14). The molecule has 16 heavy (non-hydrogen) atoms. The van der Waals surface area contributed by atoms with Crippen molar-refractivity contribution in [1.82, 2.24) is 10.2 Å². The Balaban J connectivity index is 2.48. The summed E-state index contributed by atoms with van der Waals surface area (Å²) in [5, 5.41) is 6.89. The Morgan fingerprint density at radius 3 is 2.56 bits per heavy atom. The predicted molar refractivity (Wildman–Crippen MR) is 72.0 cm³/mol. The molecule has 0 aliphatic heterocycles. The van der Waals surface area contributed by atoms with Crippen LogP contribution in [0, 0.1) is 0 Å². The molecule has 1 aromatic carbocycles. The average molecular weight is 251 g/mol. The third-order valence-corrected chi connectivity index (χ3v) is 3.80. The molecule has 1 aromatic heterocycles. The van der Waals surface area contributed by atoms with Crippen LogP contribution in [0.5, 0.6) is 0 Å². The number of H-pyrrole nitrogens is 1. The minimum absolute atomic E-state index is 0.524. The van der Waals surface area contributed by atoms with E-state index in [1.165, 1.54) is 9.79 Å². The quantitative estimate of drug-likeness (QED) is 0.823. The van der Waals surface area contributed by atoms with Crippen LogP contribution < -0.4 is 5.73 Å². The number of anilines is 1. The fraction of sp³-hybridized carbons (Fsp3) is 0.182. The van der Waals surface area contributed by atoms with Gasteiger partial charge in [-0.1, -0.05) is 6.07 Å². The first-order chi connectivity index (χ1) is 7.74. The fourth-order valence-corrected chi connectivity index (χ4v) is 2.65. The summed E-state index contributed by atoms with van der Waals surface area (Å²) in [6.45, 7) is 0. The van der Waals surface area contributed by atoms with E-state index in [2.05, 4.69) is 40.9 Å². The van der Waals surface area contributed by atoms with E-state index in [4.69, 9.17) is 5.73 Å². The van der Waals surface area contributed by atoms with E-state index >= 15 is 0 Å². The van der Waals surface area contributed by atoms with Crippen molar-refractivity contribution in [1.29, 1.82) is 0 Å². The molecule has 2 rings (SSSR count). The molecule has 0 aliphatic carbocycles. The number of rotatable bonds is 3. The van der Waals surface area contributed by atoms with Gasteiger partial charge in [-0.2, -0.15) is 5.10 Å². The number of nitrogen functional groups attached to an aromatic ring is 1. The SMILES string of the molecule is CSc1ccc(-c2cc(N)n[nH]2)c(SC)c1. The smallest absolute Gasteiger partial charge is 0.145 e. The third-order valence-electron chi connectivity index (χ3n) is 2.30.